The summed E-state index contributed by atoms with van der Waals surface area (Å²) in [7, 11) is 0. The largest absolute Gasteiger partial charge is 0.471 e. The fourth-order valence-corrected chi connectivity index (χ4v) is 3.22. The van der Waals surface area contributed by atoms with Crippen LogP contribution in [0.15, 0.2) is 41.0 Å². The normalized spacial score (nSPS) is 17.8. The van der Waals surface area contributed by atoms with Gasteiger partial charge in [0.25, 0.3) is 0 Å². The predicted molar refractivity (Wildman–Crippen MR) is 90.6 cm³/mol. The van der Waals surface area contributed by atoms with Gasteiger partial charge in [-0.3, -0.25) is 0 Å². The molecule has 4 nitrogen and oxygen atoms in total. The lowest BCUT2D eigenvalue weighted by Gasteiger charge is -2.22. The molecule has 116 valence electrons. The number of hydrogen-bond acceptors (Lipinski definition) is 4. The number of aliphatic hydroxyl groups is 1. The second kappa shape index (κ2) is 6.86. The van der Waals surface area contributed by atoms with Crippen molar-refractivity contribution < 1.29 is 9.84 Å². The molecule has 1 aliphatic heterocycles. The predicted octanol–water partition coefficient (Wildman–Crippen LogP) is 3.65. The van der Waals surface area contributed by atoms with Crippen LogP contribution in [0.5, 0.6) is 5.88 Å². The fraction of sp³-hybridized carbons (Fsp3) is 0.312. The minimum Gasteiger partial charge on any atom is -0.471 e. The van der Waals surface area contributed by atoms with Crippen LogP contribution in [0.4, 0.5) is 5.69 Å². The molecule has 1 aromatic heterocycles. The maximum absolute atomic E-state index is 9.53. The van der Waals surface area contributed by atoms with Crippen molar-refractivity contribution in [3.8, 4) is 5.88 Å². The maximum Gasteiger partial charge on any atom is 0.232 e. The summed E-state index contributed by atoms with van der Waals surface area (Å²) in [6.07, 6.45) is 2.61. The Kier molecular flexibility index (Phi) is 4.86. The average Bonchev–Trinajstić information content (AvgIpc) is 2.98. The first-order valence-corrected chi connectivity index (χ1v) is 8.26. The molecule has 3 rings (SSSR count). The zero-order chi connectivity index (χ0) is 15.5. The second-order valence-electron chi connectivity index (χ2n) is 5.20. The summed E-state index contributed by atoms with van der Waals surface area (Å²) in [6, 6.07) is 9.50. The van der Waals surface area contributed by atoms with Crippen LogP contribution in [0, 0.1) is 0 Å². The summed E-state index contributed by atoms with van der Waals surface area (Å²) in [5, 5.41) is 10.1. The molecule has 0 saturated carbocycles. The summed E-state index contributed by atoms with van der Waals surface area (Å²) < 4.78 is 6.86. The fourth-order valence-electron chi connectivity index (χ4n) is 2.65. The third-order valence-electron chi connectivity index (χ3n) is 3.70. The van der Waals surface area contributed by atoms with Gasteiger partial charge in [0, 0.05) is 34.9 Å². The number of nitrogens with zero attached hydrogens (tertiary/aromatic N) is 2. The molecule has 0 amide bonds. The van der Waals surface area contributed by atoms with E-state index in [1.54, 1.807) is 18.3 Å². The average molecular weight is 384 g/mol. The number of anilines is 1. The Morgan fingerprint density at radius 3 is 3.05 bits per heavy atom. The molecule has 1 atom stereocenters. The van der Waals surface area contributed by atoms with Gasteiger partial charge in [0.05, 0.1) is 13.2 Å². The summed E-state index contributed by atoms with van der Waals surface area (Å²) >= 11 is 9.51. The molecule has 22 heavy (non-hydrogen) atoms. The summed E-state index contributed by atoms with van der Waals surface area (Å²) in [5.74, 6) is 0.481. The number of pyridine rings is 1. The minimum atomic E-state index is 0.0167. The van der Waals surface area contributed by atoms with Gasteiger partial charge in [-0.25, -0.2) is 4.98 Å². The topological polar surface area (TPSA) is 45.6 Å². The molecule has 6 heteroatoms. The first-order chi connectivity index (χ1) is 10.7. The number of ether oxygens (including phenoxy) is 1. The molecule has 0 aliphatic carbocycles. The Morgan fingerprint density at radius 1 is 1.41 bits per heavy atom. The van der Waals surface area contributed by atoms with Gasteiger partial charge in [-0.15, -0.1) is 0 Å². The molecule has 0 radical (unpaired) electrons. The van der Waals surface area contributed by atoms with Crippen molar-refractivity contribution in [2.45, 2.75) is 19.1 Å². The van der Waals surface area contributed by atoms with Gasteiger partial charge >= 0.3 is 0 Å². The van der Waals surface area contributed by atoms with Gasteiger partial charge in [0.1, 0.15) is 11.1 Å². The van der Waals surface area contributed by atoms with E-state index in [2.05, 4.69) is 25.8 Å². The molecule has 2 aromatic rings. The Hall–Kier alpha value is -1.30. The van der Waals surface area contributed by atoms with E-state index in [1.165, 1.54) is 0 Å². The molecular formula is C16H16BrClN2O2. The number of benzene rings is 1. The van der Waals surface area contributed by atoms with Crippen molar-refractivity contribution in [3.63, 3.8) is 0 Å². The van der Waals surface area contributed by atoms with Crippen molar-refractivity contribution in [3.05, 3.63) is 51.6 Å². The highest BCUT2D eigenvalue weighted by atomic mass is 79.9. The number of aliphatic hydroxyl groups excluding tert-OH is 1. The third kappa shape index (κ3) is 3.37. The molecule has 2 heterocycles. The van der Waals surface area contributed by atoms with Gasteiger partial charge < -0.3 is 14.7 Å². The third-order valence-corrected chi connectivity index (χ3v) is 4.48. The summed E-state index contributed by atoms with van der Waals surface area (Å²) in [5.41, 5.74) is 1.95. The lowest BCUT2D eigenvalue weighted by atomic mass is 10.2. The highest BCUT2D eigenvalue weighted by Gasteiger charge is 2.26. The van der Waals surface area contributed by atoms with Crippen molar-refractivity contribution >= 4 is 33.2 Å². The van der Waals surface area contributed by atoms with E-state index in [1.807, 2.05) is 18.2 Å². The first kappa shape index (κ1) is 15.6. The smallest absolute Gasteiger partial charge is 0.232 e. The van der Waals surface area contributed by atoms with Crippen LogP contribution >= 0.6 is 27.5 Å². The molecule has 1 N–H and O–H groups in total. The van der Waals surface area contributed by atoms with Crippen LogP contribution in [-0.2, 0) is 6.61 Å². The zero-order valence-corrected chi connectivity index (χ0v) is 14.2. The van der Waals surface area contributed by atoms with Gasteiger partial charge in [-0.05, 0) is 30.3 Å². The Labute approximate surface area is 142 Å². The van der Waals surface area contributed by atoms with Crippen molar-refractivity contribution in [1.82, 2.24) is 4.98 Å². The molecule has 0 unspecified atom stereocenters. The number of hydrogen-bond donors (Lipinski definition) is 1. The zero-order valence-electron chi connectivity index (χ0n) is 11.9. The van der Waals surface area contributed by atoms with Crippen molar-refractivity contribution in [2.75, 3.05) is 18.0 Å². The number of rotatable bonds is 4. The Morgan fingerprint density at radius 2 is 2.27 bits per heavy atom. The second-order valence-corrected chi connectivity index (χ2v) is 6.52. The van der Waals surface area contributed by atoms with Gasteiger partial charge in [-0.2, -0.15) is 0 Å². The van der Waals surface area contributed by atoms with Crippen LogP contribution < -0.4 is 9.64 Å². The van der Waals surface area contributed by atoms with E-state index in [4.69, 9.17) is 16.3 Å². The lowest BCUT2D eigenvalue weighted by Crippen LogP contribution is -2.25. The van der Waals surface area contributed by atoms with E-state index in [-0.39, 0.29) is 12.7 Å². The van der Waals surface area contributed by atoms with Crippen LogP contribution in [0.1, 0.15) is 12.0 Å². The first-order valence-electron chi connectivity index (χ1n) is 7.09. The van der Waals surface area contributed by atoms with Crippen molar-refractivity contribution in [2.24, 2.45) is 0 Å². The molecule has 1 aromatic carbocycles. The highest BCUT2D eigenvalue weighted by Crippen LogP contribution is 2.30. The summed E-state index contributed by atoms with van der Waals surface area (Å²) in [6.45, 7) is 1.65. The Balaban J connectivity index is 1.71. The van der Waals surface area contributed by atoms with E-state index >= 15 is 0 Å². The standard InChI is InChI=1S/C16H16BrClN2O2/c17-12-3-4-15(11(8-12)10-21)20-7-5-13(9-20)22-16-14(18)2-1-6-19-16/h1-4,6,8,13,21H,5,7,9-10H2/t13-/m0/s1. The van der Waals surface area contributed by atoms with Crippen LogP contribution in [0.2, 0.25) is 5.02 Å². The van der Waals surface area contributed by atoms with E-state index < -0.39 is 0 Å². The van der Waals surface area contributed by atoms with Gasteiger partial charge in [-0.1, -0.05) is 27.5 Å². The SMILES string of the molecule is OCc1cc(Br)ccc1N1CC[C@H](Oc2ncccc2Cl)C1. The van der Waals surface area contributed by atoms with Gasteiger partial charge in [0.15, 0.2) is 0 Å². The molecule has 1 aliphatic rings. The molecule has 1 fully saturated rings. The monoisotopic (exact) mass is 382 g/mol. The van der Waals surface area contributed by atoms with E-state index in [0.717, 1.165) is 35.2 Å². The molecule has 1 saturated heterocycles. The molecular weight excluding hydrogens is 368 g/mol. The minimum absolute atomic E-state index is 0.0167. The highest BCUT2D eigenvalue weighted by molar-refractivity contribution is 9.10. The van der Waals surface area contributed by atoms with Crippen LogP contribution in [0.25, 0.3) is 0 Å². The van der Waals surface area contributed by atoms with E-state index in [9.17, 15) is 5.11 Å². The van der Waals surface area contributed by atoms with Crippen LogP contribution in [-0.4, -0.2) is 29.3 Å². The Bertz CT molecular complexity index is 668. The van der Waals surface area contributed by atoms with E-state index in [0.29, 0.717) is 10.9 Å². The molecule has 0 spiro atoms. The van der Waals surface area contributed by atoms with Crippen LogP contribution in [0.3, 0.4) is 0 Å². The van der Waals surface area contributed by atoms with Crippen molar-refractivity contribution in [1.29, 1.82) is 0 Å². The molecule has 0 bridgehead atoms. The lowest BCUT2D eigenvalue weighted by molar-refractivity contribution is 0.216. The number of aromatic nitrogens is 1. The van der Waals surface area contributed by atoms with Gasteiger partial charge in [0.2, 0.25) is 5.88 Å². The maximum atomic E-state index is 9.53. The quantitative estimate of drug-likeness (QED) is 0.875. The summed E-state index contributed by atoms with van der Waals surface area (Å²) in [4.78, 5) is 6.39. The number of halogens is 2.